The highest BCUT2D eigenvalue weighted by Gasteiger charge is 2.08. The van der Waals surface area contributed by atoms with Crippen molar-refractivity contribution in [3.63, 3.8) is 0 Å². The summed E-state index contributed by atoms with van der Waals surface area (Å²) in [4.78, 5) is 1.59. The standard InChI is InChI=1S/C15H28O2S2/c1-3-5-7-8-9-11-13-15(19-17)14(18-16)12-10-6-4-2/h3-13H2,1-2H3. The fraction of sp³-hybridized carbons (Fsp3) is 0.867. The largest absolute Gasteiger partial charge is 0.212 e. The van der Waals surface area contributed by atoms with Gasteiger partial charge in [0.2, 0.25) is 0 Å². The van der Waals surface area contributed by atoms with E-state index in [9.17, 15) is 8.42 Å². The molecule has 4 heteroatoms. The summed E-state index contributed by atoms with van der Waals surface area (Å²) in [7, 11) is 0. The fourth-order valence-corrected chi connectivity index (χ4v) is 3.11. The Morgan fingerprint density at radius 1 is 0.632 bits per heavy atom. The van der Waals surface area contributed by atoms with Crippen molar-refractivity contribution in [3.8, 4) is 0 Å². The molecule has 0 amide bonds. The molecule has 0 aromatic heterocycles. The summed E-state index contributed by atoms with van der Waals surface area (Å²) in [6.07, 6.45) is 12.2. The molecule has 0 atom stereocenters. The van der Waals surface area contributed by atoms with E-state index in [0.717, 1.165) is 48.3 Å². The minimum Gasteiger partial charge on any atom is -0.212 e. The van der Waals surface area contributed by atoms with Crippen LogP contribution in [-0.2, 0) is 22.5 Å². The molecule has 0 saturated heterocycles. The van der Waals surface area contributed by atoms with E-state index in [0.29, 0.717) is 22.5 Å². The second-order valence-electron chi connectivity index (χ2n) is 4.99. The minimum absolute atomic E-state index is 0.534. The molecule has 0 rings (SSSR count). The van der Waals surface area contributed by atoms with Crippen LogP contribution >= 0.6 is 0 Å². The van der Waals surface area contributed by atoms with Gasteiger partial charge in [-0.05, 0) is 25.7 Å². The molecule has 112 valence electrons. The maximum absolute atomic E-state index is 11.1. The van der Waals surface area contributed by atoms with E-state index >= 15 is 0 Å². The Morgan fingerprint density at radius 3 is 1.47 bits per heavy atom. The Kier molecular flexibility index (Phi) is 14.0. The molecule has 0 aliphatic rings. The first-order valence-electron chi connectivity index (χ1n) is 7.61. The number of hydrogen-bond donors (Lipinski definition) is 0. The van der Waals surface area contributed by atoms with E-state index in [1.165, 1.54) is 32.1 Å². The zero-order valence-corrected chi connectivity index (χ0v) is 14.0. The summed E-state index contributed by atoms with van der Waals surface area (Å²) < 4.78 is 22.2. The van der Waals surface area contributed by atoms with Crippen LogP contribution in [0.5, 0.6) is 0 Å². The molecule has 0 bridgehead atoms. The van der Waals surface area contributed by atoms with Crippen LogP contribution in [0.2, 0.25) is 0 Å². The SMILES string of the molecule is CCCCCCCCC(=S=O)C(CCCCC)=S=O. The third kappa shape index (κ3) is 10.3. The fourth-order valence-electron chi connectivity index (χ4n) is 2.06. The predicted molar refractivity (Wildman–Crippen MR) is 88.4 cm³/mol. The van der Waals surface area contributed by atoms with E-state index in [4.69, 9.17) is 0 Å². The molecule has 0 spiro atoms. The Bertz CT molecular complexity index is 327. The molecule has 0 aromatic carbocycles. The third-order valence-electron chi connectivity index (χ3n) is 3.28. The second kappa shape index (κ2) is 14.2. The molecular formula is C15H28O2S2. The van der Waals surface area contributed by atoms with Gasteiger partial charge in [0.05, 0.1) is 32.2 Å². The van der Waals surface area contributed by atoms with Crippen molar-refractivity contribution in [2.24, 2.45) is 0 Å². The van der Waals surface area contributed by atoms with Crippen molar-refractivity contribution >= 4 is 32.2 Å². The van der Waals surface area contributed by atoms with Crippen LogP contribution in [0.25, 0.3) is 0 Å². The predicted octanol–water partition coefficient (Wildman–Crippen LogP) is 4.09. The molecule has 19 heavy (non-hydrogen) atoms. The Hall–Kier alpha value is -0.220. The third-order valence-corrected chi connectivity index (χ3v) is 4.71. The second-order valence-corrected chi connectivity index (χ2v) is 6.31. The average molecular weight is 305 g/mol. The van der Waals surface area contributed by atoms with Crippen LogP contribution in [0.15, 0.2) is 0 Å². The van der Waals surface area contributed by atoms with Gasteiger partial charge in [0.1, 0.15) is 0 Å². The van der Waals surface area contributed by atoms with Crippen molar-refractivity contribution in [1.29, 1.82) is 0 Å². The van der Waals surface area contributed by atoms with Crippen LogP contribution in [-0.4, -0.2) is 18.1 Å². The molecule has 0 aliphatic carbocycles. The van der Waals surface area contributed by atoms with Gasteiger partial charge in [0.25, 0.3) is 0 Å². The summed E-state index contributed by atoms with van der Waals surface area (Å²) in [5.41, 5.74) is 0. The van der Waals surface area contributed by atoms with Gasteiger partial charge in [-0.15, -0.1) is 0 Å². The van der Waals surface area contributed by atoms with Crippen LogP contribution < -0.4 is 0 Å². The molecular weight excluding hydrogens is 276 g/mol. The smallest absolute Gasteiger partial charge is 0.0933 e. The number of rotatable bonds is 12. The molecule has 0 N–H and O–H groups in total. The molecule has 0 unspecified atom stereocenters. The van der Waals surface area contributed by atoms with E-state index in [2.05, 4.69) is 13.8 Å². The quantitative estimate of drug-likeness (QED) is 0.402. The Morgan fingerprint density at radius 2 is 1.00 bits per heavy atom. The first kappa shape index (κ1) is 18.8. The maximum atomic E-state index is 11.1. The van der Waals surface area contributed by atoms with Gasteiger partial charge < -0.3 is 0 Å². The molecule has 0 saturated carbocycles. The van der Waals surface area contributed by atoms with Crippen molar-refractivity contribution < 1.29 is 8.42 Å². The van der Waals surface area contributed by atoms with Crippen LogP contribution in [0.3, 0.4) is 0 Å². The van der Waals surface area contributed by atoms with Crippen molar-refractivity contribution in [2.45, 2.75) is 84.5 Å². The summed E-state index contributed by atoms with van der Waals surface area (Å²) in [5, 5.41) is 0. The van der Waals surface area contributed by atoms with Gasteiger partial charge in [0.15, 0.2) is 0 Å². The molecule has 0 heterocycles. The Balaban J connectivity index is 3.98. The van der Waals surface area contributed by atoms with Gasteiger partial charge in [-0.3, -0.25) is 0 Å². The highest BCUT2D eigenvalue weighted by molar-refractivity contribution is 7.76. The zero-order chi connectivity index (χ0) is 14.3. The Labute approximate surface area is 125 Å². The molecule has 0 fully saturated rings. The summed E-state index contributed by atoms with van der Waals surface area (Å²) >= 11 is 1.07. The van der Waals surface area contributed by atoms with Gasteiger partial charge in [-0.1, -0.05) is 58.8 Å². The monoisotopic (exact) mass is 304 g/mol. The summed E-state index contributed by atoms with van der Waals surface area (Å²) in [6, 6.07) is 0. The van der Waals surface area contributed by atoms with Gasteiger partial charge in [0, 0.05) is 0 Å². The van der Waals surface area contributed by atoms with E-state index in [-0.39, 0.29) is 0 Å². The molecule has 2 nitrogen and oxygen atoms in total. The molecule has 0 radical (unpaired) electrons. The number of unbranched alkanes of at least 4 members (excludes halogenated alkanes) is 7. The van der Waals surface area contributed by atoms with E-state index in [1.807, 2.05) is 0 Å². The minimum atomic E-state index is 0.534. The maximum Gasteiger partial charge on any atom is 0.0933 e. The topological polar surface area (TPSA) is 34.1 Å². The first-order chi connectivity index (χ1) is 9.29. The lowest BCUT2D eigenvalue weighted by Gasteiger charge is -2.05. The normalized spacial score (nSPS) is 10.2. The lowest BCUT2D eigenvalue weighted by Crippen LogP contribution is -2.14. The highest BCUT2D eigenvalue weighted by Crippen LogP contribution is 2.09. The van der Waals surface area contributed by atoms with Crippen LogP contribution in [0.4, 0.5) is 0 Å². The highest BCUT2D eigenvalue weighted by atomic mass is 32.1. The average Bonchev–Trinajstić information content (AvgIpc) is 2.44. The first-order valence-corrected chi connectivity index (χ1v) is 9.10. The van der Waals surface area contributed by atoms with Gasteiger partial charge in [-0.25, -0.2) is 8.42 Å². The van der Waals surface area contributed by atoms with Gasteiger partial charge in [-0.2, -0.15) is 0 Å². The molecule has 0 aliphatic heterocycles. The number of hydrogen-bond acceptors (Lipinski definition) is 2. The van der Waals surface area contributed by atoms with E-state index in [1.54, 1.807) is 0 Å². The van der Waals surface area contributed by atoms with Gasteiger partial charge >= 0.3 is 0 Å². The van der Waals surface area contributed by atoms with Crippen molar-refractivity contribution in [3.05, 3.63) is 0 Å². The lowest BCUT2D eigenvalue weighted by atomic mass is 10.0. The lowest BCUT2D eigenvalue weighted by molar-refractivity contribution is 0.616. The van der Waals surface area contributed by atoms with E-state index < -0.39 is 0 Å². The van der Waals surface area contributed by atoms with Crippen LogP contribution in [0, 0.1) is 0 Å². The summed E-state index contributed by atoms with van der Waals surface area (Å²) in [6.45, 7) is 4.36. The van der Waals surface area contributed by atoms with Crippen LogP contribution in [0.1, 0.15) is 84.5 Å². The molecule has 0 aromatic rings. The van der Waals surface area contributed by atoms with Crippen molar-refractivity contribution in [2.75, 3.05) is 0 Å². The zero-order valence-electron chi connectivity index (χ0n) is 12.4. The van der Waals surface area contributed by atoms with Crippen molar-refractivity contribution in [1.82, 2.24) is 0 Å². The summed E-state index contributed by atoms with van der Waals surface area (Å²) in [5.74, 6) is 0.